The monoisotopic (exact) mass is 303 g/mol. The van der Waals surface area contributed by atoms with Gasteiger partial charge < -0.3 is 9.47 Å². The van der Waals surface area contributed by atoms with Gasteiger partial charge in [-0.2, -0.15) is 0 Å². The Morgan fingerprint density at radius 3 is 2.41 bits per heavy atom. The number of esters is 1. The summed E-state index contributed by atoms with van der Waals surface area (Å²) in [5.41, 5.74) is 1.49. The zero-order valence-electron chi connectivity index (χ0n) is 12.7. The van der Waals surface area contributed by atoms with Crippen LogP contribution in [-0.4, -0.2) is 36.4 Å². The molecular formula is C16H17NO5. The normalized spacial score (nSPS) is 15.1. The topological polar surface area (TPSA) is 72.9 Å². The summed E-state index contributed by atoms with van der Waals surface area (Å²) in [4.78, 5) is 36.2. The van der Waals surface area contributed by atoms with E-state index in [0.29, 0.717) is 11.3 Å². The highest BCUT2D eigenvalue weighted by Gasteiger charge is 2.35. The van der Waals surface area contributed by atoms with E-state index in [2.05, 4.69) is 0 Å². The molecule has 1 aliphatic heterocycles. The van der Waals surface area contributed by atoms with E-state index >= 15 is 0 Å². The van der Waals surface area contributed by atoms with E-state index in [9.17, 15) is 14.4 Å². The summed E-state index contributed by atoms with van der Waals surface area (Å²) in [6.07, 6.45) is 2.40. The van der Waals surface area contributed by atoms with Crippen LogP contribution >= 0.6 is 0 Å². The summed E-state index contributed by atoms with van der Waals surface area (Å²) < 4.78 is 10.4. The zero-order chi connectivity index (χ0) is 16.3. The average Bonchev–Trinajstić information content (AvgIpc) is 2.80. The van der Waals surface area contributed by atoms with Crippen LogP contribution in [0.1, 0.15) is 24.1 Å². The molecular weight excluding hydrogens is 286 g/mol. The molecule has 0 bridgehead atoms. The number of hydrogen-bond donors (Lipinski definition) is 0. The summed E-state index contributed by atoms with van der Waals surface area (Å²) >= 11 is 0. The fourth-order valence-corrected chi connectivity index (χ4v) is 2.46. The molecule has 0 N–H and O–H groups in total. The first-order valence-electron chi connectivity index (χ1n) is 6.77. The molecule has 22 heavy (non-hydrogen) atoms. The minimum atomic E-state index is -0.727. The fraction of sp³-hybridized carbons (Fsp3) is 0.312. The summed E-state index contributed by atoms with van der Waals surface area (Å²) in [5.74, 6) is -0.825. The van der Waals surface area contributed by atoms with Crippen LogP contribution in [0.15, 0.2) is 30.4 Å². The second kappa shape index (κ2) is 6.43. The SMILES string of the molecule is COc1cccc(C)c1C(COC(C)=O)N1C(=O)C=CC1=O. The van der Waals surface area contributed by atoms with Gasteiger partial charge in [0.2, 0.25) is 0 Å². The highest BCUT2D eigenvalue weighted by atomic mass is 16.5. The number of imide groups is 1. The van der Waals surface area contributed by atoms with Crippen molar-refractivity contribution in [2.24, 2.45) is 0 Å². The molecule has 0 aliphatic carbocycles. The molecule has 2 amide bonds. The maximum atomic E-state index is 12.0. The Bertz CT molecular complexity index is 632. The Hall–Kier alpha value is -2.63. The van der Waals surface area contributed by atoms with E-state index in [-0.39, 0.29) is 6.61 Å². The third-order valence-corrected chi connectivity index (χ3v) is 3.44. The number of hydrogen-bond acceptors (Lipinski definition) is 5. The fourth-order valence-electron chi connectivity index (χ4n) is 2.46. The van der Waals surface area contributed by atoms with Gasteiger partial charge in [-0.05, 0) is 18.6 Å². The highest BCUT2D eigenvalue weighted by Crippen LogP contribution is 2.34. The standard InChI is InChI=1S/C16H17NO5/c1-10-5-4-6-13(21-3)16(10)12(9-22-11(2)18)17-14(19)7-8-15(17)20/h4-8,12H,9H2,1-3H3. The molecule has 2 rings (SSSR count). The largest absolute Gasteiger partial charge is 0.496 e. The van der Waals surface area contributed by atoms with E-state index in [1.54, 1.807) is 6.07 Å². The number of amides is 2. The van der Waals surface area contributed by atoms with E-state index in [4.69, 9.17) is 9.47 Å². The molecule has 0 aromatic heterocycles. The van der Waals surface area contributed by atoms with Gasteiger partial charge in [-0.3, -0.25) is 19.3 Å². The Labute approximate surface area is 128 Å². The van der Waals surface area contributed by atoms with Crippen molar-refractivity contribution in [3.8, 4) is 5.75 Å². The molecule has 0 saturated heterocycles. The summed E-state index contributed by atoms with van der Waals surface area (Å²) in [6.45, 7) is 3.00. The lowest BCUT2D eigenvalue weighted by molar-refractivity contribution is -0.149. The molecule has 116 valence electrons. The van der Waals surface area contributed by atoms with E-state index in [1.807, 2.05) is 19.1 Å². The Balaban J connectivity index is 2.47. The lowest BCUT2D eigenvalue weighted by Gasteiger charge is -2.28. The lowest BCUT2D eigenvalue weighted by atomic mass is 9.99. The lowest BCUT2D eigenvalue weighted by Crippen LogP contribution is -2.37. The number of rotatable bonds is 5. The van der Waals surface area contributed by atoms with E-state index in [1.165, 1.54) is 26.2 Å². The average molecular weight is 303 g/mol. The van der Waals surface area contributed by atoms with Crippen molar-refractivity contribution < 1.29 is 23.9 Å². The van der Waals surface area contributed by atoms with Gasteiger partial charge in [0.15, 0.2) is 0 Å². The third kappa shape index (κ3) is 3.00. The van der Waals surface area contributed by atoms with Crippen LogP contribution in [0.3, 0.4) is 0 Å². The maximum absolute atomic E-state index is 12.0. The van der Waals surface area contributed by atoms with E-state index in [0.717, 1.165) is 10.5 Å². The number of carbonyl (C=O) groups is 3. The molecule has 6 heteroatoms. The van der Waals surface area contributed by atoms with Crippen LogP contribution in [0.2, 0.25) is 0 Å². The first-order chi connectivity index (χ1) is 10.5. The first kappa shape index (κ1) is 15.8. The van der Waals surface area contributed by atoms with Crippen molar-refractivity contribution in [1.82, 2.24) is 4.90 Å². The van der Waals surface area contributed by atoms with Crippen LogP contribution in [0, 0.1) is 6.92 Å². The smallest absolute Gasteiger partial charge is 0.302 e. The minimum absolute atomic E-state index is 0.115. The first-order valence-corrected chi connectivity index (χ1v) is 6.77. The summed E-state index contributed by atoms with van der Waals surface area (Å²) in [5, 5.41) is 0. The molecule has 1 unspecified atom stereocenters. The van der Waals surface area contributed by atoms with Crippen LogP contribution < -0.4 is 4.74 Å². The molecule has 1 aromatic carbocycles. The molecule has 1 aliphatic rings. The van der Waals surface area contributed by atoms with Gasteiger partial charge >= 0.3 is 5.97 Å². The molecule has 0 radical (unpaired) electrons. The van der Waals surface area contributed by atoms with Crippen LogP contribution in [0.5, 0.6) is 5.75 Å². The van der Waals surface area contributed by atoms with Crippen molar-refractivity contribution in [2.45, 2.75) is 19.9 Å². The predicted molar refractivity (Wildman–Crippen MR) is 78.1 cm³/mol. The van der Waals surface area contributed by atoms with Crippen LogP contribution in [-0.2, 0) is 19.1 Å². The van der Waals surface area contributed by atoms with Crippen molar-refractivity contribution in [3.63, 3.8) is 0 Å². The van der Waals surface area contributed by atoms with Gasteiger partial charge in [0, 0.05) is 24.6 Å². The quantitative estimate of drug-likeness (QED) is 0.609. The molecule has 1 aromatic rings. The van der Waals surface area contributed by atoms with Crippen molar-refractivity contribution in [1.29, 1.82) is 0 Å². The number of carbonyl (C=O) groups excluding carboxylic acids is 3. The van der Waals surface area contributed by atoms with Gasteiger partial charge in [0.25, 0.3) is 11.8 Å². The molecule has 1 heterocycles. The number of benzene rings is 1. The number of ether oxygens (including phenoxy) is 2. The molecule has 1 atom stereocenters. The Morgan fingerprint density at radius 1 is 1.23 bits per heavy atom. The van der Waals surface area contributed by atoms with E-state index < -0.39 is 23.8 Å². The van der Waals surface area contributed by atoms with Gasteiger partial charge in [0.05, 0.1) is 7.11 Å². The Morgan fingerprint density at radius 2 is 1.86 bits per heavy atom. The van der Waals surface area contributed by atoms with Gasteiger partial charge in [0.1, 0.15) is 18.4 Å². The maximum Gasteiger partial charge on any atom is 0.302 e. The predicted octanol–water partition coefficient (Wildman–Crippen LogP) is 1.53. The van der Waals surface area contributed by atoms with Crippen LogP contribution in [0.4, 0.5) is 0 Å². The zero-order valence-corrected chi connectivity index (χ0v) is 12.7. The number of nitrogens with zero attached hydrogens (tertiary/aromatic N) is 1. The Kier molecular flexibility index (Phi) is 4.60. The molecule has 0 spiro atoms. The van der Waals surface area contributed by atoms with Gasteiger partial charge in [-0.25, -0.2) is 0 Å². The molecule has 0 fully saturated rings. The van der Waals surface area contributed by atoms with Crippen molar-refractivity contribution in [2.75, 3.05) is 13.7 Å². The number of aryl methyl sites for hydroxylation is 1. The number of methoxy groups -OCH3 is 1. The summed E-state index contributed by atoms with van der Waals surface area (Å²) in [7, 11) is 1.51. The second-order valence-corrected chi connectivity index (χ2v) is 4.89. The third-order valence-electron chi connectivity index (χ3n) is 3.44. The molecule has 0 saturated carbocycles. The minimum Gasteiger partial charge on any atom is -0.496 e. The van der Waals surface area contributed by atoms with Crippen molar-refractivity contribution in [3.05, 3.63) is 41.5 Å². The second-order valence-electron chi connectivity index (χ2n) is 4.89. The molecule has 6 nitrogen and oxygen atoms in total. The van der Waals surface area contributed by atoms with Gasteiger partial charge in [-0.15, -0.1) is 0 Å². The summed E-state index contributed by atoms with van der Waals surface area (Å²) in [6, 6.07) is 4.67. The van der Waals surface area contributed by atoms with Crippen LogP contribution in [0.25, 0.3) is 0 Å². The highest BCUT2D eigenvalue weighted by molar-refractivity contribution is 6.13. The van der Waals surface area contributed by atoms with Crippen molar-refractivity contribution >= 4 is 17.8 Å². The van der Waals surface area contributed by atoms with Gasteiger partial charge in [-0.1, -0.05) is 12.1 Å².